The van der Waals surface area contributed by atoms with Crippen LogP contribution in [0.25, 0.3) is 6.08 Å². The second kappa shape index (κ2) is 12.2. The molecule has 264 valence electrons. The van der Waals surface area contributed by atoms with Crippen molar-refractivity contribution in [3.63, 3.8) is 0 Å². The first-order valence-electron chi connectivity index (χ1n) is 18.0. The predicted molar refractivity (Wildman–Crippen MR) is 199 cm³/mol. The van der Waals surface area contributed by atoms with E-state index >= 15 is 4.79 Å². The largest absolute Gasteiger partial charge is 0.508 e. The quantitative estimate of drug-likeness (QED) is 0.166. The van der Waals surface area contributed by atoms with Crippen molar-refractivity contribution in [1.29, 1.82) is 0 Å². The number of phenols is 1. The molecule has 6 unspecified atom stereocenters. The Kier molecular flexibility index (Phi) is 7.51. The Hall–Kier alpha value is -6.22. The number of ether oxygens (including phenoxy) is 1. The van der Waals surface area contributed by atoms with Gasteiger partial charge in [0.15, 0.2) is 0 Å². The molecule has 3 heterocycles. The Morgan fingerprint density at radius 3 is 2.38 bits per heavy atom. The van der Waals surface area contributed by atoms with E-state index in [-0.39, 0.29) is 24.0 Å². The number of rotatable bonds is 6. The van der Waals surface area contributed by atoms with Crippen LogP contribution in [0.2, 0.25) is 0 Å². The van der Waals surface area contributed by atoms with Crippen LogP contribution in [0.4, 0.5) is 11.4 Å². The van der Waals surface area contributed by atoms with Gasteiger partial charge in [-0.25, -0.2) is 0 Å². The van der Waals surface area contributed by atoms with Gasteiger partial charge in [0, 0.05) is 17.9 Å². The number of nitrogens with one attached hydrogen (secondary N) is 1. The third kappa shape index (κ3) is 4.83. The molecule has 3 fully saturated rings. The maximum absolute atomic E-state index is 15.4. The van der Waals surface area contributed by atoms with E-state index in [0.717, 1.165) is 32.8 Å². The molecule has 0 aromatic heterocycles. The number of fused-ring (bicyclic) bond motifs is 5. The molecule has 2 saturated heterocycles. The van der Waals surface area contributed by atoms with Crippen molar-refractivity contribution in [1.82, 2.24) is 5.01 Å². The number of amides is 4. The molecule has 0 bridgehead atoms. The van der Waals surface area contributed by atoms with Crippen LogP contribution in [0.3, 0.4) is 0 Å². The van der Waals surface area contributed by atoms with Crippen molar-refractivity contribution >= 4 is 41.1 Å². The summed E-state index contributed by atoms with van der Waals surface area (Å²) in [4.78, 5) is 60.3. The third-order valence-corrected chi connectivity index (χ3v) is 11.9. The molecule has 53 heavy (non-hydrogen) atoms. The normalized spacial score (nSPS) is 27.2. The average Bonchev–Trinajstić information content (AvgIpc) is 3.56. The second-order valence-electron chi connectivity index (χ2n) is 14.7. The highest BCUT2D eigenvalue weighted by Gasteiger charge is 2.70. The topological polar surface area (TPSA) is 116 Å². The van der Waals surface area contributed by atoms with E-state index in [0.29, 0.717) is 35.5 Å². The SMILES string of the molecule is C=Cc1ccc(N2C(=O)C3CC=C4C(CC5C(=O)N(Nc6ccc(C)cc6)C(=O)C5(c5ccccc5)C4C4=COc5ccc(O)cc5C4)C3C2=O)cc1. The molecular formula is C44H37N3O6. The Morgan fingerprint density at radius 1 is 0.887 bits per heavy atom. The number of aryl methyl sites for hydroxylation is 1. The fourth-order valence-electron chi connectivity index (χ4n) is 9.58. The van der Waals surface area contributed by atoms with Gasteiger partial charge >= 0.3 is 0 Å². The number of carbonyl (C=O) groups is 4. The zero-order valence-electron chi connectivity index (χ0n) is 29.1. The van der Waals surface area contributed by atoms with Crippen LogP contribution in [0.5, 0.6) is 11.5 Å². The lowest BCUT2D eigenvalue weighted by atomic mass is 9.48. The van der Waals surface area contributed by atoms with Crippen LogP contribution in [-0.2, 0) is 31.0 Å². The molecule has 3 aliphatic heterocycles. The van der Waals surface area contributed by atoms with Crippen molar-refractivity contribution in [2.75, 3.05) is 10.3 Å². The Labute approximate surface area is 306 Å². The average molecular weight is 704 g/mol. The minimum absolute atomic E-state index is 0.0855. The number of nitrogens with zero attached hydrogens (tertiary/aromatic N) is 2. The van der Waals surface area contributed by atoms with Crippen LogP contribution in [0.1, 0.15) is 35.1 Å². The maximum atomic E-state index is 15.4. The zero-order valence-corrected chi connectivity index (χ0v) is 29.1. The molecule has 4 aromatic carbocycles. The van der Waals surface area contributed by atoms with Crippen LogP contribution >= 0.6 is 0 Å². The number of hydrogen-bond donors (Lipinski definition) is 2. The summed E-state index contributed by atoms with van der Waals surface area (Å²) in [6.45, 7) is 5.78. The van der Waals surface area contributed by atoms with E-state index < -0.39 is 46.8 Å². The molecule has 6 atom stereocenters. The molecule has 4 amide bonds. The molecule has 0 spiro atoms. The predicted octanol–water partition coefficient (Wildman–Crippen LogP) is 6.88. The second-order valence-corrected chi connectivity index (χ2v) is 14.7. The Bertz CT molecular complexity index is 2280. The molecule has 4 aromatic rings. The molecular weight excluding hydrogens is 666 g/mol. The van der Waals surface area contributed by atoms with E-state index in [4.69, 9.17) is 4.74 Å². The summed E-state index contributed by atoms with van der Waals surface area (Å²) in [5.41, 5.74) is 7.75. The molecule has 2 aliphatic carbocycles. The van der Waals surface area contributed by atoms with E-state index in [1.165, 1.54) is 4.90 Å². The van der Waals surface area contributed by atoms with E-state index in [9.17, 15) is 19.5 Å². The number of phenolic OH excluding ortho intramolecular Hbond substituents is 1. The lowest BCUT2D eigenvalue weighted by Crippen LogP contribution is -2.55. The summed E-state index contributed by atoms with van der Waals surface area (Å²) in [5.74, 6) is -4.09. The first-order chi connectivity index (χ1) is 25.7. The minimum Gasteiger partial charge on any atom is -0.508 e. The first kappa shape index (κ1) is 32.7. The fourth-order valence-corrected chi connectivity index (χ4v) is 9.58. The van der Waals surface area contributed by atoms with Gasteiger partial charge in [0.25, 0.3) is 11.8 Å². The lowest BCUT2D eigenvalue weighted by molar-refractivity contribution is -0.139. The van der Waals surface area contributed by atoms with Gasteiger partial charge in [-0.2, -0.15) is 5.01 Å². The van der Waals surface area contributed by atoms with Gasteiger partial charge < -0.3 is 9.84 Å². The van der Waals surface area contributed by atoms with Gasteiger partial charge in [-0.1, -0.05) is 84.5 Å². The number of allylic oxidation sites excluding steroid dienone is 3. The summed E-state index contributed by atoms with van der Waals surface area (Å²) in [7, 11) is 0. The maximum Gasteiger partial charge on any atom is 0.260 e. The summed E-state index contributed by atoms with van der Waals surface area (Å²) < 4.78 is 6.21. The zero-order chi connectivity index (χ0) is 36.6. The molecule has 5 aliphatic rings. The van der Waals surface area contributed by atoms with Gasteiger partial charge in [0.1, 0.15) is 11.5 Å². The molecule has 2 N–H and O–H groups in total. The first-order valence-corrected chi connectivity index (χ1v) is 18.0. The highest BCUT2D eigenvalue weighted by atomic mass is 16.5. The molecule has 9 heteroatoms. The number of anilines is 2. The number of hydrazine groups is 1. The highest BCUT2D eigenvalue weighted by Crippen LogP contribution is 2.63. The Morgan fingerprint density at radius 2 is 1.64 bits per heavy atom. The summed E-state index contributed by atoms with van der Waals surface area (Å²) in [6.07, 6.45) is 6.27. The van der Waals surface area contributed by atoms with Crippen molar-refractivity contribution in [2.45, 2.75) is 31.6 Å². The number of hydrogen-bond acceptors (Lipinski definition) is 7. The molecule has 9 rings (SSSR count). The fraction of sp³-hybridized carbons (Fsp3) is 0.227. The van der Waals surface area contributed by atoms with E-state index in [1.807, 2.05) is 79.7 Å². The van der Waals surface area contributed by atoms with Crippen LogP contribution in [0, 0.1) is 36.5 Å². The molecule has 1 saturated carbocycles. The third-order valence-electron chi connectivity index (χ3n) is 11.9. The van der Waals surface area contributed by atoms with Crippen LogP contribution in [0.15, 0.2) is 127 Å². The number of carbonyl (C=O) groups excluding carboxylic acids is 4. The summed E-state index contributed by atoms with van der Waals surface area (Å²) >= 11 is 0. The van der Waals surface area contributed by atoms with Crippen LogP contribution < -0.4 is 15.1 Å². The monoisotopic (exact) mass is 703 g/mol. The van der Waals surface area contributed by atoms with Gasteiger partial charge in [-0.3, -0.25) is 29.5 Å². The summed E-state index contributed by atoms with van der Waals surface area (Å²) in [6, 6.07) is 29.0. The van der Waals surface area contributed by atoms with E-state index in [2.05, 4.69) is 12.0 Å². The van der Waals surface area contributed by atoms with Gasteiger partial charge in [-0.05, 0) is 84.8 Å². The smallest absolute Gasteiger partial charge is 0.260 e. The lowest BCUT2D eigenvalue weighted by Gasteiger charge is -2.51. The molecule has 9 nitrogen and oxygen atoms in total. The van der Waals surface area contributed by atoms with Crippen molar-refractivity contribution in [3.05, 3.63) is 149 Å². The van der Waals surface area contributed by atoms with E-state index in [1.54, 1.807) is 42.7 Å². The minimum atomic E-state index is -1.40. The van der Waals surface area contributed by atoms with Crippen molar-refractivity contribution in [2.24, 2.45) is 29.6 Å². The van der Waals surface area contributed by atoms with Crippen LogP contribution in [-0.4, -0.2) is 33.7 Å². The van der Waals surface area contributed by atoms with Gasteiger partial charge in [-0.15, -0.1) is 0 Å². The van der Waals surface area contributed by atoms with Gasteiger partial charge in [0.2, 0.25) is 11.8 Å². The van der Waals surface area contributed by atoms with Gasteiger partial charge in [0.05, 0.1) is 40.8 Å². The van der Waals surface area contributed by atoms with Crippen molar-refractivity contribution < 1.29 is 29.0 Å². The highest BCUT2D eigenvalue weighted by molar-refractivity contribution is 6.22. The number of benzene rings is 4. The van der Waals surface area contributed by atoms with Crippen molar-refractivity contribution in [3.8, 4) is 11.5 Å². The Balaban J connectivity index is 1.21. The standard InChI is InChI=1S/C44H37N3O6/c1-3-26-11-15-31(16-12-26)46-40(49)34-19-18-33-35(38(34)42(46)51)23-36-41(50)47(45-30-13-9-25(2)10-14-30)43(52)44(36,29-7-5-4-6-8-29)39(33)28-21-27-22-32(48)17-20-37(27)53-24-28/h3-18,20,22,24,34-36,38-39,45,48H,1,19,21,23H2,2H3. The number of aromatic hydroxyl groups is 1. The molecule has 0 radical (unpaired) electrons. The number of imide groups is 2. The summed E-state index contributed by atoms with van der Waals surface area (Å²) in [5, 5.41) is 11.6.